The molecule has 0 unspecified atom stereocenters. The Kier molecular flexibility index (Phi) is 5.63. The molecule has 1 aromatic rings. The first kappa shape index (κ1) is 19.9. The van der Waals surface area contributed by atoms with Gasteiger partial charge in [-0.15, -0.1) is 0 Å². The van der Waals surface area contributed by atoms with E-state index in [4.69, 9.17) is 0 Å². The predicted molar refractivity (Wildman–Crippen MR) is 112 cm³/mol. The van der Waals surface area contributed by atoms with Gasteiger partial charge in [-0.25, -0.2) is 8.42 Å². The average Bonchev–Trinajstić information content (AvgIpc) is 3.04. The number of benzene rings is 1. The zero-order valence-corrected chi connectivity index (χ0v) is 17.3. The van der Waals surface area contributed by atoms with Gasteiger partial charge in [0.15, 0.2) is 0 Å². The molecule has 3 fully saturated rings. The second-order valence-electron chi connectivity index (χ2n) is 7.94. The number of hydrogen-bond acceptors (Lipinski definition) is 4. The Morgan fingerprint density at radius 1 is 0.897 bits per heavy atom. The largest absolute Gasteiger partial charge is 0.339 e. The highest BCUT2D eigenvalue weighted by Gasteiger charge is 2.31. The molecule has 2 amide bonds. The van der Waals surface area contributed by atoms with Gasteiger partial charge in [0.25, 0.3) is 0 Å². The first-order valence-corrected chi connectivity index (χ1v) is 11.9. The third-order valence-electron chi connectivity index (χ3n) is 6.06. The number of carbonyl (C=O) groups is 2. The zero-order valence-electron chi connectivity index (χ0n) is 16.5. The zero-order chi connectivity index (χ0) is 20.4. The van der Waals surface area contributed by atoms with Crippen LogP contribution in [0.2, 0.25) is 0 Å². The van der Waals surface area contributed by atoms with Crippen LogP contribution in [0.15, 0.2) is 30.3 Å². The second-order valence-corrected chi connectivity index (χ2v) is 9.96. The molecule has 1 saturated carbocycles. The molecule has 2 heterocycles. The summed E-state index contributed by atoms with van der Waals surface area (Å²) in [6.07, 6.45) is 7.10. The maximum absolute atomic E-state index is 12.5. The van der Waals surface area contributed by atoms with Crippen molar-refractivity contribution in [2.24, 2.45) is 5.92 Å². The molecule has 1 aliphatic carbocycles. The molecule has 2 saturated heterocycles. The van der Waals surface area contributed by atoms with E-state index in [0.717, 1.165) is 24.8 Å². The van der Waals surface area contributed by atoms with Crippen LogP contribution in [0.3, 0.4) is 0 Å². The minimum absolute atomic E-state index is 0.0630. The van der Waals surface area contributed by atoms with Crippen LogP contribution in [0.5, 0.6) is 0 Å². The lowest BCUT2D eigenvalue weighted by atomic mass is 9.84. The maximum Gasteiger partial charge on any atom is 0.246 e. The number of carbonyl (C=O) groups excluding carboxylic acids is 2. The summed E-state index contributed by atoms with van der Waals surface area (Å²) < 4.78 is 25.4. The fraction of sp³-hybridized carbons (Fsp3) is 0.524. The van der Waals surface area contributed by atoms with Gasteiger partial charge < -0.3 is 9.80 Å². The minimum atomic E-state index is -3.18. The van der Waals surface area contributed by atoms with Gasteiger partial charge in [0, 0.05) is 44.7 Å². The normalized spacial score (nSPS) is 22.1. The Morgan fingerprint density at radius 2 is 1.55 bits per heavy atom. The molecule has 29 heavy (non-hydrogen) atoms. The third-order valence-corrected chi connectivity index (χ3v) is 7.93. The molecule has 3 aliphatic rings. The van der Waals surface area contributed by atoms with Gasteiger partial charge in [-0.2, -0.15) is 0 Å². The van der Waals surface area contributed by atoms with Crippen LogP contribution in [0, 0.1) is 5.92 Å². The topological polar surface area (TPSA) is 78.0 Å². The minimum Gasteiger partial charge on any atom is -0.339 e. The van der Waals surface area contributed by atoms with E-state index in [1.165, 1.54) is 4.31 Å². The van der Waals surface area contributed by atoms with Crippen LogP contribution in [0.1, 0.15) is 31.2 Å². The number of nitrogens with zero attached hydrogens (tertiary/aromatic N) is 3. The molecule has 0 spiro atoms. The monoisotopic (exact) mass is 417 g/mol. The smallest absolute Gasteiger partial charge is 0.246 e. The average molecular weight is 418 g/mol. The van der Waals surface area contributed by atoms with Crippen molar-refractivity contribution < 1.29 is 18.0 Å². The summed E-state index contributed by atoms with van der Waals surface area (Å²) in [5, 5.41) is 0. The van der Waals surface area contributed by atoms with E-state index >= 15 is 0 Å². The number of piperazine rings is 1. The Balaban J connectivity index is 1.30. The molecule has 0 atom stereocenters. The van der Waals surface area contributed by atoms with E-state index in [9.17, 15) is 18.0 Å². The molecule has 8 heteroatoms. The summed E-state index contributed by atoms with van der Waals surface area (Å²) in [5.74, 6) is 0.587. The lowest BCUT2D eigenvalue weighted by Crippen LogP contribution is -2.52. The fourth-order valence-electron chi connectivity index (χ4n) is 4.01. The lowest BCUT2D eigenvalue weighted by molar-refractivity contribution is -0.142. The quantitative estimate of drug-likeness (QED) is 0.699. The molecular weight excluding hydrogens is 390 g/mol. The van der Waals surface area contributed by atoms with Crippen molar-refractivity contribution in [1.82, 2.24) is 9.80 Å². The van der Waals surface area contributed by atoms with Crippen molar-refractivity contribution in [2.75, 3.05) is 42.8 Å². The molecule has 156 valence electrons. The van der Waals surface area contributed by atoms with Crippen molar-refractivity contribution in [2.45, 2.75) is 25.7 Å². The van der Waals surface area contributed by atoms with E-state index in [2.05, 4.69) is 0 Å². The molecular formula is C21H27N3O4S. The number of hydrogen-bond donors (Lipinski definition) is 0. The van der Waals surface area contributed by atoms with Crippen molar-refractivity contribution in [3.8, 4) is 0 Å². The summed E-state index contributed by atoms with van der Waals surface area (Å²) in [6, 6.07) is 7.19. The summed E-state index contributed by atoms with van der Waals surface area (Å²) in [4.78, 5) is 28.4. The van der Waals surface area contributed by atoms with Crippen molar-refractivity contribution in [3.05, 3.63) is 35.9 Å². The van der Waals surface area contributed by atoms with Gasteiger partial charge in [0.1, 0.15) is 0 Å². The maximum atomic E-state index is 12.5. The van der Waals surface area contributed by atoms with Crippen molar-refractivity contribution >= 4 is 33.6 Å². The van der Waals surface area contributed by atoms with Crippen molar-refractivity contribution in [1.29, 1.82) is 0 Å². The molecule has 0 radical (unpaired) electrons. The van der Waals surface area contributed by atoms with Gasteiger partial charge in [-0.1, -0.05) is 18.6 Å². The van der Waals surface area contributed by atoms with Crippen LogP contribution >= 0.6 is 0 Å². The fourth-order valence-corrected chi connectivity index (χ4v) is 5.58. The van der Waals surface area contributed by atoms with E-state index in [-0.39, 0.29) is 23.5 Å². The van der Waals surface area contributed by atoms with Gasteiger partial charge in [0.2, 0.25) is 21.8 Å². The SMILES string of the molecule is O=C(/C=C/c1ccc(N2CCCS2(=O)=O)cc1)N1CCN(C(=O)C2CCC2)CC1. The number of rotatable bonds is 4. The number of amides is 2. The summed E-state index contributed by atoms with van der Waals surface area (Å²) >= 11 is 0. The van der Waals surface area contributed by atoms with Gasteiger partial charge in [-0.3, -0.25) is 13.9 Å². The molecule has 0 N–H and O–H groups in total. The van der Waals surface area contributed by atoms with Crippen LogP contribution in [-0.2, 0) is 19.6 Å². The molecule has 7 nitrogen and oxygen atoms in total. The first-order chi connectivity index (χ1) is 13.9. The molecule has 0 aromatic heterocycles. The molecule has 0 bridgehead atoms. The van der Waals surface area contributed by atoms with E-state index in [1.807, 2.05) is 17.0 Å². The number of anilines is 1. The molecule has 1 aromatic carbocycles. The third kappa shape index (κ3) is 4.32. The van der Waals surface area contributed by atoms with Gasteiger partial charge in [-0.05, 0) is 43.0 Å². The Morgan fingerprint density at radius 3 is 2.10 bits per heavy atom. The standard InChI is InChI=1S/C21H27N3O4S/c25-20(22-12-14-23(15-13-22)21(26)18-3-1-4-18)10-7-17-5-8-19(9-6-17)24-11-2-16-29(24,27)28/h5-10,18H,1-4,11-16H2/b10-7+. The Labute approximate surface area is 172 Å². The summed E-state index contributed by atoms with van der Waals surface area (Å²) in [6.45, 7) is 2.86. The highest BCUT2D eigenvalue weighted by molar-refractivity contribution is 7.93. The van der Waals surface area contributed by atoms with Gasteiger partial charge in [0.05, 0.1) is 11.4 Å². The highest BCUT2D eigenvalue weighted by atomic mass is 32.2. The highest BCUT2D eigenvalue weighted by Crippen LogP contribution is 2.28. The Hall–Kier alpha value is -2.35. The van der Waals surface area contributed by atoms with Crippen LogP contribution < -0.4 is 4.31 Å². The van der Waals surface area contributed by atoms with Gasteiger partial charge >= 0.3 is 0 Å². The Bertz CT molecular complexity index is 898. The van der Waals surface area contributed by atoms with E-state index in [1.54, 1.807) is 29.2 Å². The molecule has 2 aliphatic heterocycles. The summed E-state index contributed by atoms with van der Waals surface area (Å²) in [7, 11) is -3.18. The van der Waals surface area contributed by atoms with E-state index < -0.39 is 10.0 Å². The number of sulfonamides is 1. The van der Waals surface area contributed by atoms with Crippen LogP contribution in [0.25, 0.3) is 6.08 Å². The molecule has 4 rings (SSSR count). The van der Waals surface area contributed by atoms with E-state index in [0.29, 0.717) is 44.8 Å². The van der Waals surface area contributed by atoms with Crippen LogP contribution in [-0.4, -0.2) is 68.5 Å². The van der Waals surface area contributed by atoms with Crippen LogP contribution in [0.4, 0.5) is 5.69 Å². The lowest BCUT2D eigenvalue weighted by Gasteiger charge is -2.37. The second kappa shape index (κ2) is 8.18. The first-order valence-electron chi connectivity index (χ1n) is 10.3. The summed E-state index contributed by atoms with van der Waals surface area (Å²) in [5.41, 5.74) is 1.51. The predicted octanol–water partition coefficient (Wildman–Crippen LogP) is 1.71. The van der Waals surface area contributed by atoms with Crippen molar-refractivity contribution in [3.63, 3.8) is 0 Å².